The molecule has 2 aromatic heterocycles. The summed E-state index contributed by atoms with van der Waals surface area (Å²) in [5.41, 5.74) is -0.144. The predicted octanol–water partition coefficient (Wildman–Crippen LogP) is 3.27. The van der Waals surface area contributed by atoms with Crippen LogP contribution in [-0.4, -0.2) is 14.8 Å². The summed E-state index contributed by atoms with van der Waals surface area (Å²) in [5.74, 6) is 0.827. The van der Waals surface area contributed by atoms with E-state index in [9.17, 15) is 4.79 Å². The van der Waals surface area contributed by atoms with E-state index in [0.29, 0.717) is 0 Å². The summed E-state index contributed by atoms with van der Waals surface area (Å²) >= 11 is 6.69. The first-order valence-corrected chi connectivity index (χ1v) is 7.76. The number of H-pyrrole nitrogens is 1. The standard InChI is InChI=1S/C10H12BrN3OS2/c1-6(2)14-9(15)12-13-10(14)17-5-8-3-7(11)4-16-8/h3-4,6H,5H2,1-2H3,(H,12,15). The molecule has 0 fully saturated rings. The normalized spacial score (nSPS) is 11.3. The van der Waals surface area contributed by atoms with Gasteiger partial charge < -0.3 is 0 Å². The molecule has 0 aliphatic rings. The van der Waals surface area contributed by atoms with Crippen molar-refractivity contribution in [2.75, 3.05) is 0 Å². The van der Waals surface area contributed by atoms with Crippen LogP contribution in [0.3, 0.4) is 0 Å². The van der Waals surface area contributed by atoms with E-state index in [4.69, 9.17) is 0 Å². The zero-order valence-electron chi connectivity index (χ0n) is 9.44. The third kappa shape index (κ3) is 3.02. The molecule has 0 aliphatic carbocycles. The largest absolute Gasteiger partial charge is 0.344 e. The van der Waals surface area contributed by atoms with Gasteiger partial charge in [-0.05, 0) is 35.8 Å². The van der Waals surface area contributed by atoms with Gasteiger partial charge in [-0.25, -0.2) is 9.89 Å². The van der Waals surface area contributed by atoms with Gasteiger partial charge in [0, 0.05) is 26.5 Å². The van der Waals surface area contributed by atoms with Crippen LogP contribution in [0.2, 0.25) is 0 Å². The Hall–Kier alpha value is -0.530. The molecule has 0 saturated carbocycles. The van der Waals surface area contributed by atoms with Crippen molar-refractivity contribution in [3.8, 4) is 0 Å². The van der Waals surface area contributed by atoms with Crippen LogP contribution in [0, 0.1) is 0 Å². The van der Waals surface area contributed by atoms with Gasteiger partial charge >= 0.3 is 5.69 Å². The second-order valence-electron chi connectivity index (χ2n) is 3.79. The lowest BCUT2D eigenvalue weighted by atomic mass is 10.4. The highest BCUT2D eigenvalue weighted by Gasteiger charge is 2.12. The zero-order valence-corrected chi connectivity index (χ0v) is 12.7. The van der Waals surface area contributed by atoms with Crippen molar-refractivity contribution in [3.05, 3.63) is 31.3 Å². The Morgan fingerprint density at radius 1 is 1.65 bits per heavy atom. The molecule has 7 heteroatoms. The highest BCUT2D eigenvalue weighted by molar-refractivity contribution is 9.10. The van der Waals surface area contributed by atoms with Crippen molar-refractivity contribution < 1.29 is 0 Å². The molecule has 0 atom stereocenters. The van der Waals surface area contributed by atoms with Crippen LogP contribution in [0.4, 0.5) is 0 Å². The molecule has 0 aliphatic heterocycles. The quantitative estimate of drug-likeness (QED) is 0.873. The molecular weight excluding hydrogens is 322 g/mol. The molecular formula is C10H12BrN3OS2. The van der Waals surface area contributed by atoms with Crippen LogP contribution >= 0.6 is 39.0 Å². The maximum absolute atomic E-state index is 11.5. The Morgan fingerprint density at radius 2 is 2.41 bits per heavy atom. The predicted molar refractivity (Wildman–Crippen MR) is 74.8 cm³/mol. The number of rotatable bonds is 4. The molecule has 0 saturated heterocycles. The highest BCUT2D eigenvalue weighted by Crippen LogP contribution is 2.27. The number of halogens is 1. The zero-order chi connectivity index (χ0) is 12.4. The SMILES string of the molecule is CC(C)n1c(SCc2cc(Br)cs2)n[nH]c1=O. The third-order valence-corrected chi connectivity index (χ3v) is 5.04. The number of thiophene rings is 1. The van der Waals surface area contributed by atoms with Crippen molar-refractivity contribution in [3.63, 3.8) is 0 Å². The summed E-state index contributed by atoms with van der Waals surface area (Å²) in [6.45, 7) is 3.95. The monoisotopic (exact) mass is 333 g/mol. The second-order valence-corrected chi connectivity index (χ2v) is 6.65. The smallest absolute Gasteiger partial charge is 0.268 e. The third-order valence-electron chi connectivity index (χ3n) is 2.15. The molecule has 17 heavy (non-hydrogen) atoms. The van der Waals surface area contributed by atoms with Gasteiger partial charge in [-0.3, -0.25) is 4.57 Å². The van der Waals surface area contributed by atoms with Crippen LogP contribution < -0.4 is 5.69 Å². The Labute approximate surface area is 116 Å². The van der Waals surface area contributed by atoms with E-state index in [1.807, 2.05) is 13.8 Å². The summed E-state index contributed by atoms with van der Waals surface area (Å²) < 4.78 is 2.77. The fraction of sp³-hybridized carbons (Fsp3) is 0.400. The van der Waals surface area contributed by atoms with Gasteiger partial charge in [0.1, 0.15) is 0 Å². The summed E-state index contributed by atoms with van der Waals surface area (Å²) in [6.07, 6.45) is 0. The molecule has 0 bridgehead atoms. The number of hydrogen-bond acceptors (Lipinski definition) is 4. The van der Waals surface area contributed by atoms with Crippen LogP contribution in [0.25, 0.3) is 0 Å². The van der Waals surface area contributed by atoms with Crippen LogP contribution in [0.5, 0.6) is 0 Å². The van der Waals surface area contributed by atoms with E-state index in [2.05, 4.69) is 37.6 Å². The van der Waals surface area contributed by atoms with Gasteiger partial charge in [-0.15, -0.1) is 16.4 Å². The molecule has 0 radical (unpaired) electrons. The maximum atomic E-state index is 11.5. The first kappa shape index (κ1) is 12.9. The molecule has 0 unspecified atom stereocenters. The molecule has 4 nitrogen and oxygen atoms in total. The lowest BCUT2D eigenvalue weighted by molar-refractivity contribution is 0.534. The Balaban J connectivity index is 2.12. The minimum atomic E-state index is -0.144. The molecule has 2 heterocycles. The lowest BCUT2D eigenvalue weighted by Gasteiger charge is -2.07. The average Bonchev–Trinajstić information content (AvgIpc) is 2.82. The summed E-state index contributed by atoms with van der Waals surface area (Å²) in [5, 5.41) is 9.33. The molecule has 0 aromatic carbocycles. The maximum Gasteiger partial charge on any atom is 0.344 e. The van der Waals surface area contributed by atoms with Gasteiger partial charge in [0.25, 0.3) is 0 Å². The van der Waals surface area contributed by atoms with Gasteiger partial charge in [0.05, 0.1) is 0 Å². The number of nitrogens with one attached hydrogen (secondary N) is 1. The van der Waals surface area contributed by atoms with Crippen molar-refractivity contribution in [2.45, 2.75) is 30.8 Å². The minimum absolute atomic E-state index is 0.124. The Bertz CT molecular complexity index is 558. The first-order chi connectivity index (χ1) is 8.08. The topological polar surface area (TPSA) is 50.7 Å². The van der Waals surface area contributed by atoms with Crippen LogP contribution in [0.1, 0.15) is 24.8 Å². The number of thioether (sulfide) groups is 1. The van der Waals surface area contributed by atoms with E-state index in [0.717, 1.165) is 15.4 Å². The second kappa shape index (κ2) is 5.41. The van der Waals surface area contributed by atoms with Crippen LogP contribution in [0.15, 0.2) is 25.9 Å². The van der Waals surface area contributed by atoms with E-state index >= 15 is 0 Å². The van der Waals surface area contributed by atoms with Crippen LogP contribution in [-0.2, 0) is 5.75 Å². The Morgan fingerprint density at radius 3 is 3.00 bits per heavy atom. The summed E-state index contributed by atoms with van der Waals surface area (Å²) in [4.78, 5) is 12.8. The molecule has 2 aromatic rings. The van der Waals surface area contributed by atoms with Crippen molar-refractivity contribution in [1.82, 2.24) is 14.8 Å². The van der Waals surface area contributed by atoms with Gasteiger partial charge in [0.2, 0.25) is 0 Å². The van der Waals surface area contributed by atoms with E-state index in [1.165, 1.54) is 4.88 Å². The van der Waals surface area contributed by atoms with Crippen molar-refractivity contribution in [1.29, 1.82) is 0 Å². The molecule has 0 amide bonds. The highest BCUT2D eigenvalue weighted by atomic mass is 79.9. The minimum Gasteiger partial charge on any atom is -0.268 e. The van der Waals surface area contributed by atoms with Gasteiger partial charge in [0.15, 0.2) is 5.16 Å². The molecule has 2 rings (SSSR count). The first-order valence-electron chi connectivity index (χ1n) is 5.10. The van der Waals surface area contributed by atoms with E-state index < -0.39 is 0 Å². The fourth-order valence-corrected chi connectivity index (χ4v) is 3.99. The van der Waals surface area contributed by atoms with Crippen molar-refractivity contribution >= 4 is 39.0 Å². The number of aromatic nitrogens is 3. The molecule has 0 spiro atoms. The summed E-state index contributed by atoms with van der Waals surface area (Å²) in [6, 6.07) is 2.21. The lowest BCUT2D eigenvalue weighted by Crippen LogP contribution is -2.19. The number of hydrogen-bond donors (Lipinski definition) is 1. The van der Waals surface area contributed by atoms with Gasteiger partial charge in [-0.2, -0.15) is 0 Å². The average molecular weight is 334 g/mol. The van der Waals surface area contributed by atoms with Gasteiger partial charge in [-0.1, -0.05) is 11.8 Å². The number of aromatic amines is 1. The fourth-order valence-electron chi connectivity index (χ4n) is 1.41. The van der Waals surface area contributed by atoms with Crippen molar-refractivity contribution in [2.24, 2.45) is 0 Å². The Kier molecular flexibility index (Phi) is 4.11. The van der Waals surface area contributed by atoms with E-state index in [1.54, 1.807) is 27.7 Å². The molecule has 1 N–H and O–H groups in total. The molecule has 92 valence electrons. The number of nitrogens with zero attached hydrogens (tertiary/aromatic N) is 2. The van der Waals surface area contributed by atoms with E-state index in [-0.39, 0.29) is 11.7 Å². The summed E-state index contributed by atoms with van der Waals surface area (Å²) in [7, 11) is 0.